The fraction of sp³-hybridized carbons (Fsp3) is 0.462. The lowest BCUT2D eigenvalue weighted by atomic mass is 10.2. The van der Waals surface area contributed by atoms with Gasteiger partial charge in [0.1, 0.15) is 0 Å². The Labute approximate surface area is 106 Å². The van der Waals surface area contributed by atoms with Crippen molar-refractivity contribution in [1.82, 2.24) is 10.2 Å². The van der Waals surface area contributed by atoms with Crippen LogP contribution >= 0.6 is 11.8 Å². The monoisotopic (exact) mass is 247 g/mol. The Bertz CT molecular complexity index is 404. The first-order valence-electron chi connectivity index (χ1n) is 6.10. The highest BCUT2D eigenvalue weighted by atomic mass is 32.2. The molecule has 1 unspecified atom stereocenters. The van der Waals surface area contributed by atoms with Gasteiger partial charge in [-0.3, -0.25) is 4.99 Å². The SMILES string of the molecule is c1ccc(CNC2=NCC3CSCCN23)cc1. The van der Waals surface area contributed by atoms with Crippen molar-refractivity contribution < 1.29 is 0 Å². The molecule has 1 N–H and O–H groups in total. The minimum absolute atomic E-state index is 0.632. The molecule has 2 aliphatic heterocycles. The normalized spacial score (nSPS) is 23.2. The van der Waals surface area contributed by atoms with E-state index >= 15 is 0 Å². The Morgan fingerprint density at radius 2 is 2.24 bits per heavy atom. The van der Waals surface area contributed by atoms with Gasteiger partial charge in [0.05, 0.1) is 12.6 Å². The van der Waals surface area contributed by atoms with Gasteiger partial charge in [-0.2, -0.15) is 11.8 Å². The summed E-state index contributed by atoms with van der Waals surface area (Å²) < 4.78 is 0. The smallest absolute Gasteiger partial charge is 0.194 e. The topological polar surface area (TPSA) is 27.6 Å². The number of rotatable bonds is 2. The zero-order valence-corrected chi connectivity index (χ0v) is 10.6. The number of benzene rings is 1. The van der Waals surface area contributed by atoms with Crippen LogP contribution in [0.15, 0.2) is 35.3 Å². The molecule has 1 atom stereocenters. The second kappa shape index (κ2) is 5.00. The zero-order chi connectivity index (χ0) is 11.5. The predicted octanol–water partition coefficient (Wildman–Crippen LogP) is 1.56. The molecule has 0 aromatic heterocycles. The average Bonchev–Trinajstić information content (AvgIpc) is 2.81. The predicted molar refractivity (Wildman–Crippen MR) is 73.4 cm³/mol. The van der Waals surface area contributed by atoms with E-state index in [0.717, 1.165) is 25.6 Å². The molecule has 1 fully saturated rings. The maximum atomic E-state index is 4.61. The molecule has 1 aromatic rings. The third kappa shape index (κ3) is 2.41. The molecule has 1 saturated heterocycles. The van der Waals surface area contributed by atoms with Crippen molar-refractivity contribution in [2.24, 2.45) is 4.99 Å². The van der Waals surface area contributed by atoms with Gasteiger partial charge in [0, 0.05) is 24.6 Å². The first-order valence-corrected chi connectivity index (χ1v) is 7.25. The summed E-state index contributed by atoms with van der Waals surface area (Å²) in [4.78, 5) is 7.04. The van der Waals surface area contributed by atoms with Crippen molar-refractivity contribution in [2.45, 2.75) is 12.6 Å². The number of guanidine groups is 1. The lowest BCUT2D eigenvalue weighted by molar-refractivity contribution is 0.369. The maximum Gasteiger partial charge on any atom is 0.194 e. The number of nitrogens with one attached hydrogen (secondary N) is 1. The molecule has 4 heteroatoms. The van der Waals surface area contributed by atoms with E-state index in [1.165, 1.54) is 17.1 Å². The molecule has 0 radical (unpaired) electrons. The third-order valence-electron chi connectivity index (χ3n) is 3.24. The lowest BCUT2D eigenvalue weighted by Gasteiger charge is -2.31. The minimum atomic E-state index is 0.632. The summed E-state index contributed by atoms with van der Waals surface area (Å²) in [5, 5.41) is 3.46. The fourth-order valence-corrected chi connectivity index (χ4v) is 3.35. The van der Waals surface area contributed by atoms with Crippen molar-refractivity contribution in [2.75, 3.05) is 24.6 Å². The van der Waals surface area contributed by atoms with E-state index in [4.69, 9.17) is 0 Å². The molecule has 17 heavy (non-hydrogen) atoms. The van der Waals surface area contributed by atoms with Gasteiger partial charge in [-0.25, -0.2) is 0 Å². The summed E-state index contributed by atoms with van der Waals surface area (Å²) in [5.74, 6) is 3.54. The molecule has 3 rings (SSSR count). The minimum Gasteiger partial charge on any atom is -0.352 e. The Morgan fingerprint density at radius 1 is 1.35 bits per heavy atom. The molecule has 3 nitrogen and oxygen atoms in total. The van der Waals surface area contributed by atoms with Crippen LogP contribution < -0.4 is 5.32 Å². The highest BCUT2D eigenvalue weighted by molar-refractivity contribution is 7.99. The molecule has 90 valence electrons. The first kappa shape index (κ1) is 11.0. The first-order chi connectivity index (χ1) is 8.43. The van der Waals surface area contributed by atoms with Crippen molar-refractivity contribution in [3.63, 3.8) is 0 Å². The molecule has 0 spiro atoms. The van der Waals surface area contributed by atoms with Crippen molar-refractivity contribution in [3.8, 4) is 0 Å². The molecule has 0 amide bonds. The van der Waals surface area contributed by atoms with Gasteiger partial charge in [-0.1, -0.05) is 30.3 Å². The number of fused-ring (bicyclic) bond motifs is 1. The van der Waals surface area contributed by atoms with E-state index in [2.05, 4.69) is 45.5 Å². The standard InChI is InChI=1S/C13H17N3S/c1-2-4-11(5-3-1)8-14-13-15-9-12-10-17-7-6-16(12)13/h1-5,12H,6-10H2,(H,14,15). The van der Waals surface area contributed by atoms with Gasteiger partial charge < -0.3 is 10.2 Å². The molecule has 0 bridgehead atoms. The molecular weight excluding hydrogens is 230 g/mol. The van der Waals surface area contributed by atoms with Gasteiger partial charge in [0.15, 0.2) is 5.96 Å². The van der Waals surface area contributed by atoms with Crippen LogP contribution in [0.5, 0.6) is 0 Å². The molecule has 0 saturated carbocycles. The Kier molecular flexibility index (Phi) is 3.22. The van der Waals surface area contributed by atoms with Crippen LogP contribution in [0, 0.1) is 0 Å². The quantitative estimate of drug-likeness (QED) is 0.859. The summed E-state index contributed by atoms with van der Waals surface area (Å²) in [5.41, 5.74) is 1.31. The number of hydrogen-bond acceptors (Lipinski definition) is 4. The van der Waals surface area contributed by atoms with Crippen LogP contribution in [0.25, 0.3) is 0 Å². The molecule has 2 aliphatic rings. The number of hydrogen-bond donors (Lipinski definition) is 1. The van der Waals surface area contributed by atoms with E-state index in [0.29, 0.717) is 6.04 Å². The summed E-state index contributed by atoms with van der Waals surface area (Å²) in [6.07, 6.45) is 0. The van der Waals surface area contributed by atoms with Crippen molar-refractivity contribution in [3.05, 3.63) is 35.9 Å². The maximum absolute atomic E-state index is 4.61. The summed E-state index contributed by atoms with van der Waals surface area (Å²) in [7, 11) is 0. The van der Waals surface area contributed by atoms with E-state index in [1.807, 2.05) is 11.8 Å². The van der Waals surface area contributed by atoms with Crippen molar-refractivity contribution >= 4 is 17.7 Å². The van der Waals surface area contributed by atoms with Gasteiger partial charge in [0.25, 0.3) is 0 Å². The Morgan fingerprint density at radius 3 is 3.12 bits per heavy atom. The molecule has 0 aliphatic carbocycles. The molecule has 2 heterocycles. The largest absolute Gasteiger partial charge is 0.352 e. The van der Waals surface area contributed by atoms with Crippen LogP contribution in [0.4, 0.5) is 0 Å². The summed E-state index contributed by atoms with van der Waals surface area (Å²) in [6, 6.07) is 11.1. The highest BCUT2D eigenvalue weighted by Crippen LogP contribution is 2.20. The molecule has 1 aromatic carbocycles. The molecular formula is C13H17N3S. The average molecular weight is 247 g/mol. The van der Waals surface area contributed by atoms with Crippen LogP contribution in [-0.4, -0.2) is 41.5 Å². The van der Waals surface area contributed by atoms with Crippen LogP contribution in [-0.2, 0) is 6.54 Å². The van der Waals surface area contributed by atoms with Gasteiger partial charge in [-0.05, 0) is 5.56 Å². The lowest BCUT2D eigenvalue weighted by Crippen LogP contribution is -2.47. The van der Waals surface area contributed by atoms with E-state index in [1.54, 1.807) is 0 Å². The second-order valence-corrected chi connectivity index (χ2v) is 5.58. The van der Waals surface area contributed by atoms with Crippen LogP contribution in [0.2, 0.25) is 0 Å². The number of thioether (sulfide) groups is 1. The van der Waals surface area contributed by atoms with Crippen LogP contribution in [0.1, 0.15) is 5.56 Å². The zero-order valence-electron chi connectivity index (χ0n) is 9.80. The van der Waals surface area contributed by atoms with E-state index < -0.39 is 0 Å². The van der Waals surface area contributed by atoms with Gasteiger partial charge in [-0.15, -0.1) is 0 Å². The number of nitrogens with zero attached hydrogens (tertiary/aromatic N) is 2. The van der Waals surface area contributed by atoms with Crippen molar-refractivity contribution in [1.29, 1.82) is 0 Å². The number of aliphatic imine (C=N–C) groups is 1. The third-order valence-corrected chi connectivity index (χ3v) is 4.34. The second-order valence-electron chi connectivity index (χ2n) is 4.43. The fourth-order valence-electron chi connectivity index (χ4n) is 2.30. The van der Waals surface area contributed by atoms with E-state index in [-0.39, 0.29) is 0 Å². The summed E-state index contributed by atoms with van der Waals surface area (Å²) in [6.45, 7) is 2.97. The summed E-state index contributed by atoms with van der Waals surface area (Å²) >= 11 is 2.05. The van der Waals surface area contributed by atoms with E-state index in [9.17, 15) is 0 Å². The highest BCUT2D eigenvalue weighted by Gasteiger charge is 2.29. The van der Waals surface area contributed by atoms with Gasteiger partial charge >= 0.3 is 0 Å². The van der Waals surface area contributed by atoms with Gasteiger partial charge in [0.2, 0.25) is 0 Å². The van der Waals surface area contributed by atoms with Crippen LogP contribution in [0.3, 0.4) is 0 Å². The Hall–Kier alpha value is -1.16. The Balaban J connectivity index is 1.59.